The number of amides is 1. The fraction of sp³-hybridized carbons (Fsp3) is 0.188. The van der Waals surface area contributed by atoms with E-state index >= 15 is 0 Å². The van der Waals surface area contributed by atoms with Gasteiger partial charge in [-0.3, -0.25) is 14.9 Å². The largest absolute Gasteiger partial charge is 0.495 e. The standard InChI is InChI=1S/C16H14N4O4S2/c1-9(26-16-11-5-6-25-15(11)17-8-18-16)14(21)19-12-7-10(20(22)23)3-4-13(12)24-2/h3-9H,1-2H3,(H,19,21)/t9-/m0/s1. The molecule has 3 aromatic rings. The van der Waals surface area contributed by atoms with Gasteiger partial charge in [0.05, 0.1) is 23.0 Å². The molecule has 1 amide bonds. The van der Waals surface area contributed by atoms with Gasteiger partial charge in [0.1, 0.15) is 21.9 Å². The van der Waals surface area contributed by atoms with Crippen molar-refractivity contribution in [2.45, 2.75) is 17.2 Å². The number of hydrogen-bond donors (Lipinski definition) is 1. The van der Waals surface area contributed by atoms with E-state index in [-0.39, 0.29) is 17.3 Å². The molecule has 8 nitrogen and oxygen atoms in total. The summed E-state index contributed by atoms with van der Waals surface area (Å²) in [6.07, 6.45) is 1.47. The molecule has 0 unspecified atom stereocenters. The maximum atomic E-state index is 12.5. The number of nitrogens with zero attached hydrogens (tertiary/aromatic N) is 3. The number of non-ortho nitro benzene ring substituents is 1. The van der Waals surface area contributed by atoms with Crippen LogP contribution in [0.25, 0.3) is 10.2 Å². The van der Waals surface area contributed by atoms with Crippen LogP contribution in [0.5, 0.6) is 5.75 Å². The summed E-state index contributed by atoms with van der Waals surface area (Å²) in [6.45, 7) is 1.74. The number of rotatable bonds is 6. The third kappa shape index (κ3) is 3.75. The Balaban J connectivity index is 1.78. The number of nitrogens with one attached hydrogen (secondary N) is 1. The highest BCUT2D eigenvalue weighted by Gasteiger charge is 2.20. The van der Waals surface area contributed by atoms with E-state index in [4.69, 9.17) is 4.74 Å². The maximum Gasteiger partial charge on any atom is 0.271 e. The number of thiophene rings is 1. The Morgan fingerprint density at radius 2 is 2.19 bits per heavy atom. The van der Waals surface area contributed by atoms with Crippen molar-refractivity contribution in [1.29, 1.82) is 0 Å². The van der Waals surface area contributed by atoms with Crippen LogP contribution >= 0.6 is 23.1 Å². The second-order valence-corrected chi connectivity index (χ2v) is 7.43. The lowest BCUT2D eigenvalue weighted by atomic mass is 10.2. The molecule has 1 aromatic carbocycles. The van der Waals surface area contributed by atoms with Gasteiger partial charge in [0.15, 0.2) is 0 Å². The molecule has 1 N–H and O–H groups in total. The third-order valence-electron chi connectivity index (χ3n) is 3.53. The van der Waals surface area contributed by atoms with Gasteiger partial charge in [-0.15, -0.1) is 11.3 Å². The first kappa shape index (κ1) is 18.1. The van der Waals surface area contributed by atoms with Crippen LogP contribution in [-0.2, 0) is 4.79 Å². The number of carbonyl (C=O) groups excluding carboxylic acids is 1. The first-order valence-electron chi connectivity index (χ1n) is 7.47. The quantitative estimate of drug-likeness (QED) is 0.296. The average Bonchev–Trinajstić information content (AvgIpc) is 3.11. The summed E-state index contributed by atoms with van der Waals surface area (Å²) < 4.78 is 5.16. The van der Waals surface area contributed by atoms with E-state index in [1.807, 2.05) is 11.4 Å². The Hall–Kier alpha value is -2.72. The molecular formula is C16H14N4O4S2. The summed E-state index contributed by atoms with van der Waals surface area (Å²) in [5.41, 5.74) is 0.125. The van der Waals surface area contributed by atoms with Gasteiger partial charge in [0.25, 0.3) is 5.69 Å². The van der Waals surface area contributed by atoms with E-state index in [0.29, 0.717) is 10.8 Å². The summed E-state index contributed by atoms with van der Waals surface area (Å²) in [5.74, 6) is 0.0409. The highest BCUT2D eigenvalue weighted by molar-refractivity contribution is 8.00. The number of ether oxygens (including phenoxy) is 1. The van der Waals surface area contributed by atoms with Gasteiger partial charge >= 0.3 is 0 Å². The molecule has 3 rings (SSSR count). The summed E-state index contributed by atoms with van der Waals surface area (Å²) in [7, 11) is 1.43. The molecule has 0 aliphatic carbocycles. The molecule has 0 aliphatic rings. The van der Waals surface area contributed by atoms with Gasteiger partial charge in [-0.05, 0) is 24.4 Å². The number of nitro benzene ring substituents is 1. The summed E-state index contributed by atoms with van der Waals surface area (Å²) >= 11 is 2.80. The van der Waals surface area contributed by atoms with Gasteiger partial charge in [-0.2, -0.15) is 0 Å². The number of benzene rings is 1. The minimum absolute atomic E-state index is 0.128. The zero-order valence-electron chi connectivity index (χ0n) is 13.8. The SMILES string of the molecule is COc1ccc([N+](=O)[O-])cc1NC(=O)[C@H](C)Sc1ncnc2sccc12. The number of anilines is 1. The Kier molecular flexibility index (Phi) is 5.33. The Morgan fingerprint density at radius 1 is 1.38 bits per heavy atom. The van der Waals surface area contributed by atoms with Gasteiger partial charge in [0, 0.05) is 17.5 Å². The van der Waals surface area contributed by atoms with E-state index < -0.39 is 10.2 Å². The molecule has 1 atom stereocenters. The lowest BCUT2D eigenvalue weighted by molar-refractivity contribution is -0.384. The molecule has 0 radical (unpaired) electrons. The number of hydrogen-bond acceptors (Lipinski definition) is 8. The molecule has 0 bridgehead atoms. The second-order valence-electron chi connectivity index (χ2n) is 5.21. The smallest absolute Gasteiger partial charge is 0.271 e. The van der Waals surface area contributed by atoms with E-state index in [9.17, 15) is 14.9 Å². The minimum Gasteiger partial charge on any atom is -0.495 e. The van der Waals surface area contributed by atoms with Crippen molar-refractivity contribution < 1.29 is 14.5 Å². The molecule has 0 saturated heterocycles. The maximum absolute atomic E-state index is 12.5. The molecule has 0 aliphatic heterocycles. The molecule has 0 spiro atoms. The summed E-state index contributed by atoms with van der Waals surface area (Å²) in [6, 6.07) is 5.96. The van der Waals surface area contributed by atoms with E-state index in [1.165, 1.54) is 54.7 Å². The van der Waals surface area contributed by atoms with Gasteiger partial charge in [0.2, 0.25) is 5.91 Å². The second kappa shape index (κ2) is 7.67. The predicted octanol–water partition coefficient (Wildman–Crippen LogP) is 3.73. The molecule has 2 heterocycles. The zero-order chi connectivity index (χ0) is 18.7. The fourth-order valence-corrected chi connectivity index (χ4v) is 3.92. The Bertz CT molecular complexity index is 976. The fourth-order valence-electron chi connectivity index (χ4n) is 2.22. The minimum atomic E-state index is -0.526. The van der Waals surface area contributed by atoms with Gasteiger partial charge in [-0.25, -0.2) is 9.97 Å². The van der Waals surface area contributed by atoms with Crippen molar-refractivity contribution in [3.05, 3.63) is 46.1 Å². The Labute approximate surface area is 156 Å². The van der Waals surface area contributed by atoms with Crippen molar-refractivity contribution in [1.82, 2.24) is 9.97 Å². The van der Waals surface area contributed by atoms with Crippen LogP contribution in [0.4, 0.5) is 11.4 Å². The molecule has 0 fully saturated rings. The summed E-state index contributed by atoms with van der Waals surface area (Å²) in [4.78, 5) is 32.2. The van der Waals surface area contributed by atoms with Crippen molar-refractivity contribution in [3.8, 4) is 5.75 Å². The molecule has 134 valence electrons. The van der Waals surface area contributed by atoms with Crippen LogP contribution < -0.4 is 10.1 Å². The van der Waals surface area contributed by atoms with Crippen LogP contribution in [0.15, 0.2) is 41.0 Å². The van der Waals surface area contributed by atoms with E-state index in [0.717, 1.165) is 10.2 Å². The predicted molar refractivity (Wildman–Crippen MR) is 101 cm³/mol. The highest BCUT2D eigenvalue weighted by atomic mass is 32.2. The van der Waals surface area contributed by atoms with Crippen molar-refractivity contribution in [2.75, 3.05) is 12.4 Å². The van der Waals surface area contributed by atoms with Crippen LogP contribution in [0, 0.1) is 10.1 Å². The normalized spacial score (nSPS) is 11.9. The third-order valence-corrected chi connectivity index (χ3v) is 5.47. The molecular weight excluding hydrogens is 376 g/mol. The van der Waals surface area contributed by atoms with Gasteiger partial charge in [-0.1, -0.05) is 11.8 Å². The lowest BCUT2D eigenvalue weighted by Crippen LogP contribution is -2.23. The monoisotopic (exact) mass is 390 g/mol. The number of fused-ring (bicyclic) bond motifs is 1. The van der Waals surface area contributed by atoms with E-state index in [1.54, 1.807) is 6.92 Å². The molecule has 0 saturated carbocycles. The summed E-state index contributed by atoms with van der Waals surface area (Å²) in [5, 5.41) is 16.7. The van der Waals surface area contributed by atoms with Gasteiger partial charge < -0.3 is 10.1 Å². The first-order chi connectivity index (χ1) is 12.5. The average molecular weight is 390 g/mol. The molecule has 10 heteroatoms. The van der Waals surface area contributed by atoms with Crippen molar-refractivity contribution in [3.63, 3.8) is 0 Å². The molecule has 2 aromatic heterocycles. The van der Waals surface area contributed by atoms with Crippen LogP contribution in [-0.4, -0.2) is 33.2 Å². The zero-order valence-corrected chi connectivity index (χ0v) is 15.5. The molecule has 26 heavy (non-hydrogen) atoms. The van der Waals surface area contributed by atoms with Crippen LogP contribution in [0.1, 0.15) is 6.92 Å². The first-order valence-corrected chi connectivity index (χ1v) is 9.23. The number of methoxy groups -OCH3 is 1. The topological polar surface area (TPSA) is 107 Å². The van der Waals surface area contributed by atoms with Crippen molar-refractivity contribution >= 4 is 50.6 Å². The highest BCUT2D eigenvalue weighted by Crippen LogP contribution is 2.32. The number of aromatic nitrogens is 2. The Morgan fingerprint density at radius 3 is 2.92 bits per heavy atom. The van der Waals surface area contributed by atoms with Crippen LogP contribution in [0.2, 0.25) is 0 Å². The van der Waals surface area contributed by atoms with Crippen LogP contribution in [0.3, 0.4) is 0 Å². The number of nitro groups is 1. The van der Waals surface area contributed by atoms with E-state index in [2.05, 4.69) is 15.3 Å². The number of carbonyl (C=O) groups is 1. The van der Waals surface area contributed by atoms with Crippen molar-refractivity contribution in [2.24, 2.45) is 0 Å². The number of thioether (sulfide) groups is 1. The lowest BCUT2D eigenvalue weighted by Gasteiger charge is -2.14.